The number of imidazole rings is 1. The van der Waals surface area contributed by atoms with E-state index in [1.165, 1.54) is 15.9 Å². The first-order valence-electron chi connectivity index (χ1n) is 11.1. The fraction of sp³-hybridized carbons (Fsp3) is 0.292. The Bertz CT molecular complexity index is 1450. The lowest BCUT2D eigenvalue weighted by Crippen LogP contribution is -2.48. The molecule has 0 radical (unpaired) electrons. The molecule has 0 saturated heterocycles. The Morgan fingerprint density at radius 1 is 1.00 bits per heavy atom. The van der Waals surface area contributed by atoms with Gasteiger partial charge in [0.1, 0.15) is 6.54 Å². The molecule has 0 saturated carbocycles. The number of nitrogens with zero attached hydrogens (tertiary/aromatic N) is 4. The van der Waals surface area contributed by atoms with E-state index in [0.717, 1.165) is 15.7 Å². The first kappa shape index (κ1) is 24.1. The number of nitrogens with one attached hydrogen (secondary N) is 2. The van der Waals surface area contributed by atoms with E-state index in [2.05, 4.69) is 15.8 Å². The molecule has 0 spiro atoms. The van der Waals surface area contributed by atoms with Crippen LogP contribution in [0.3, 0.4) is 0 Å². The first-order chi connectivity index (χ1) is 16.8. The van der Waals surface area contributed by atoms with Gasteiger partial charge in [-0.1, -0.05) is 44.2 Å². The molecule has 11 heteroatoms. The van der Waals surface area contributed by atoms with Crippen molar-refractivity contribution < 1.29 is 9.59 Å². The molecule has 2 N–H and O–H groups in total. The number of benzene rings is 1. The average Bonchev–Trinajstić information content (AvgIpc) is 3.48. The number of aromatic nitrogens is 4. The second kappa shape index (κ2) is 10.5. The van der Waals surface area contributed by atoms with Gasteiger partial charge in [0.05, 0.1) is 19.3 Å². The highest BCUT2D eigenvalue weighted by atomic mass is 32.1. The third kappa shape index (κ3) is 5.57. The quantitative estimate of drug-likeness (QED) is 0.360. The van der Waals surface area contributed by atoms with E-state index in [1.54, 1.807) is 10.9 Å². The van der Waals surface area contributed by atoms with Crippen LogP contribution < -0.4 is 22.1 Å². The summed E-state index contributed by atoms with van der Waals surface area (Å²) in [6.45, 7) is 4.19. The molecular weight excluding hydrogens is 468 g/mol. The molecule has 35 heavy (non-hydrogen) atoms. The monoisotopic (exact) mass is 494 g/mol. The van der Waals surface area contributed by atoms with Gasteiger partial charge in [-0.05, 0) is 33.9 Å². The maximum Gasteiger partial charge on any atom is 0.333 e. The smallest absolute Gasteiger partial charge is 0.324 e. The summed E-state index contributed by atoms with van der Waals surface area (Å²) >= 11 is 1.47. The molecular formula is C24H26N6O4S. The first-order valence-corrected chi connectivity index (χ1v) is 12.1. The molecule has 0 atom stereocenters. The van der Waals surface area contributed by atoms with Gasteiger partial charge in [-0.25, -0.2) is 14.3 Å². The number of rotatable bonds is 8. The Morgan fingerprint density at radius 3 is 2.43 bits per heavy atom. The summed E-state index contributed by atoms with van der Waals surface area (Å²) < 4.78 is 3.98. The van der Waals surface area contributed by atoms with Crippen LogP contribution in [-0.2, 0) is 35.6 Å². The van der Waals surface area contributed by atoms with Gasteiger partial charge in [-0.3, -0.25) is 29.8 Å². The number of hydrogen-bond donors (Lipinski definition) is 2. The molecule has 0 bridgehead atoms. The predicted molar refractivity (Wildman–Crippen MR) is 133 cm³/mol. The third-order valence-electron chi connectivity index (χ3n) is 5.32. The number of amides is 2. The summed E-state index contributed by atoms with van der Waals surface area (Å²) in [5.74, 6) is -0.865. The highest BCUT2D eigenvalue weighted by molar-refractivity contribution is 7.08. The number of hydrazine groups is 1. The van der Waals surface area contributed by atoms with E-state index in [9.17, 15) is 19.2 Å². The topological polar surface area (TPSA) is 120 Å². The largest absolute Gasteiger partial charge is 0.333 e. The van der Waals surface area contributed by atoms with Crippen LogP contribution in [0.4, 0.5) is 0 Å². The molecule has 1 aromatic carbocycles. The van der Waals surface area contributed by atoms with Crippen LogP contribution in [0.5, 0.6) is 0 Å². The van der Waals surface area contributed by atoms with Crippen LogP contribution in [0.1, 0.15) is 25.0 Å². The van der Waals surface area contributed by atoms with Gasteiger partial charge in [-0.15, -0.1) is 0 Å². The van der Waals surface area contributed by atoms with Crippen LogP contribution in [0.25, 0.3) is 11.2 Å². The van der Waals surface area contributed by atoms with E-state index in [-0.39, 0.29) is 30.0 Å². The molecule has 10 nitrogen and oxygen atoms in total. The lowest BCUT2D eigenvalue weighted by molar-refractivity contribution is -0.129. The number of thiophene rings is 1. The number of fused-ring (bicyclic) bond motifs is 1. The van der Waals surface area contributed by atoms with Crippen LogP contribution >= 0.6 is 11.3 Å². The molecule has 0 aliphatic carbocycles. The summed E-state index contributed by atoms with van der Waals surface area (Å²) in [5, 5.41) is 3.69. The lowest BCUT2D eigenvalue weighted by Gasteiger charge is -2.14. The third-order valence-corrected chi connectivity index (χ3v) is 6.05. The standard InChI is InChI=1S/C24H26N6O4S/c1-16(2)11-28-15-25-22-21(28)23(33)30(24(34)29(22)12-17-6-4-3-5-7-17)13-20(32)27-26-19(31)10-18-8-9-35-14-18/h3-9,14-16H,10-13H2,1-2H3,(H,26,31)(H,27,32). The van der Waals surface area contributed by atoms with Crippen molar-refractivity contribution in [2.24, 2.45) is 5.92 Å². The molecule has 4 aromatic rings. The van der Waals surface area contributed by atoms with Crippen molar-refractivity contribution in [2.75, 3.05) is 0 Å². The van der Waals surface area contributed by atoms with Gasteiger partial charge in [0, 0.05) is 6.54 Å². The molecule has 182 valence electrons. The van der Waals surface area contributed by atoms with Gasteiger partial charge in [0.15, 0.2) is 11.2 Å². The van der Waals surface area contributed by atoms with Crippen molar-refractivity contribution in [3.63, 3.8) is 0 Å². The average molecular weight is 495 g/mol. The van der Waals surface area contributed by atoms with Gasteiger partial charge in [0.25, 0.3) is 11.5 Å². The highest BCUT2D eigenvalue weighted by Gasteiger charge is 2.20. The second-order valence-electron chi connectivity index (χ2n) is 8.61. The van der Waals surface area contributed by atoms with Crippen molar-refractivity contribution in [2.45, 2.75) is 39.9 Å². The molecule has 0 unspecified atom stereocenters. The van der Waals surface area contributed by atoms with Crippen molar-refractivity contribution in [1.29, 1.82) is 0 Å². The molecule has 2 amide bonds. The molecule has 3 aromatic heterocycles. The maximum absolute atomic E-state index is 13.3. The van der Waals surface area contributed by atoms with Crippen molar-refractivity contribution in [3.8, 4) is 0 Å². The zero-order chi connectivity index (χ0) is 24.9. The fourth-order valence-electron chi connectivity index (χ4n) is 3.76. The lowest BCUT2D eigenvalue weighted by atomic mass is 10.2. The van der Waals surface area contributed by atoms with Crippen LogP contribution in [0, 0.1) is 5.92 Å². The van der Waals surface area contributed by atoms with Crippen molar-refractivity contribution in [1.82, 2.24) is 29.5 Å². The zero-order valence-corrected chi connectivity index (χ0v) is 20.2. The number of carbonyl (C=O) groups excluding carboxylic acids is 2. The van der Waals surface area contributed by atoms with E-state index in [1.807, 2.05) is 61.0 Å². The minimum Gasteiger partial charge on any atom is -0.324 e. The van der Waals surface area contributed by atoms with Gasteiger partial charge >= 0.3 is 5.69 Å². The maximum atomic E-state index is 13.3. The predicted octanol–water partition coefficient (Wildman–Crippen LogP) is 1.52. The van der Waals surface area contributed by atoms with Gasteiger partial charge in [-0.2, -0.15) is 11.3 Å². The summed E-state index contributed by atoms with van der Waals surface area (Å²) in [4.78, 5) is 55.7. The summed E-state index contributed by atoms with van der Waals surface area (Å²) in [6, 6.07) is 11.1. The second-order valence-corrected chi connectivity index (χ2v) is 9.39. The van der Waals surface area contributed by atoms with E-state index >= 15 is 0 Å². The molecule has 0 aliphatic heterocycles. The van der Waals surface area contributed by atoms with Gasteiger partial charge < -0.3 is 4.57 Å². The van der Waals surface area contributed by atoms with Crippen LogP contribution in [-0.4, -0.2) is 30.5 Å². The van der Waals surface area contributed by atoms with E-state index in [4.69, 9.17) is 0 Å². The Hall–Kier alpha value is -3.99. The van der Waals surface area contributed by atoms with Crippen LogP contribution in [0.15, 0.2) is 63.1 Å². The van der Waals surface area contributed by atoms with E-state index in [0.29, 0.717) is 6.54 Å². The number of hydrogen-bond acceptors (Lipinski definition) is 6. The fourth-order valence-corrected chi connectivity index (χ4v) is 4.43. The van der Waals surface area contributed by atoms with E-state index < -0.39 is 29.6 Å². The molecule has 4 rings (SSSR count). The van der Waals surface area contributed by atoms with Crippen molar-refractivity contribution >= 4 is 34.3 Å². The van der Waals surface area contributed by atoms with Gasteiger partial charge in [0.2, 0.25) is 5.91 Å². The Balaban J connectivity index is 1.64. The minimum atomic E-state index is -0.691. The van der Waals surface area contributed by atoms with Crippen LogP contribution in [0.2, 0.25) is 0 Å². The zero-order valence-electron chi connectivity index (χ0n) is 19.4. The Morgan fingerprint density at radius 2 is 1.74 bits per heavy atom. The SMILES string of the molecule is CC(C)Cn1cnc2c1c(=O)n(CC(=O)NNC(=O)Cc1ccsc1)c(=O)n2Cc1ccccc1. The number of carbonyl (C=O) groups is 2. The highest BCUT2D eigenvalue weighted by Crippen LogP contribution is 2.12. The molecule has 0 aliphatic rings. The summed E-state index contributed by atoms with van der Waals surface area (Å²) in [5.41, 5.74) is 5.56. The molecule has 0 fully saturated rings. The Labute approximate surface area is 204 Å². The molecule has 3 heterocycles. The van der Waals surface area contributed by atoms with Crippen molar-refractivity contribution in [3.05, 3.63) is 85.5 Å². The minimum absolute atomic E-state index is 0.105. The summed E-state index contributed by atoms with van der Waals surface area (Å²) in [7, 11) is 0. The summed E-state index contributed by atoms with van der Waals surface area (Å²) in [6.07, 6.45) is 1.65. The Kier molecular flexibility index (Phi) is 7.25. The normalized spacial score (nSPS) is 11.2.